The zero-order valence-corrected chi connectivity index (χ0v) is 14.2. The molecular weight excluding hydrogens is 338 g/mol. The minimum absolute atomic E-state index is 0.375. The number of nitrogens with zero attached hydrogens (tertiary/aromatic N) is 3. The SMILES string of the molecule is C1=C2CC2N=C(Nc2nc(-c3csc(-c4ccccc4)n3)cs2)N1. The topological polar surface area (TPSA) is 62.2 Å². The third-order valence-corrected chi connectivity index (χ3v) is 5.54. The monoisotopic (exact) mass is 351 g/mol. The molecule has 7 heteroatoms. The highest BCUT2D eigenvalue weighted by Crippen LogP contribution is 2.34. The molecule has 1 unspecified atom stereocenters. The number of aromatic nitrogens is 2. The van der Waals surface area contributed by atoms with Gasteiger partial charge in [-0.25, -0.2) is 15.0 Å². The zero-order chi connectivity index (χ0) is 15.9. The van der Waals surface area contributed by atoms with Crippen molar-refractivity contribution in [1.82, 2.24) is 15.3 Å². The van der Waals surface area contributed by atoms with Crippen LogP contribution >= 0.6 is 22.7 Å². The lowest BCUT2D eigenvalue weighted by molar-refractivity contribution is 1.03. The van der Waals surface area contributed by atoms with Gasteiger partial charge in [-0.05, 0) is 12.0 Å². The van der Waals surface area contributed by atoms with E-state index in [4.69, 9.17) is 4.98 Å². The second-order valence-corrected chi connectivity index (χ2v) is 7.34. The first-order valence-electron chi connectivity index (χ1n) is 7.62. The van der Waals surface area contributed by atoms with Crippen molar-refractivity contribution in [1.29, 1.82) is 0 Å². The van der Waals surface area contributed by atoms with Crippen LogP contribution in [0, 0.1) is 0 Å². The first-order chi connectivity index (χ1) is 11.8. The van der Waals surface area contributed by atoms with Crippen molar-refractivity contribution in [2.24, 2.45) is 4.99 Å². The maximum atomic E-state index is 4.71. The molecule has 1 saturated carbocycles. The van der Waals surface area contributed by atoms with Gasteiger partial charge >= 0.3 is 0 Å². The van der Waals surface area contributed by atoms with Crippen LogP contribution in [0.3, 0.4) is 0 Å². The van der Waals surface area contributed by atoms with Crippen LogP contribution in [0.4, 0.5) is 5.13 Å². The average Bonchev–Trinajstić information content (AvgIpc) is 3.01. The number of guanidine groups is 1. The Morgan fingerprint density at radius 2 is 1.88 bits per heavy atom. The highest BCUT2D eigenvalue weighted by molar-refractivity contribution is 7.14. The van der Waals surface area contributed by atoms with Gasteiger partial charge in [0.1, 0.15) is 16.4 Å². The molecule has 0 bridgehead atoms. The fraction of sp³-hybridized carbons (Fsp3) is 0.118. The molecule has 1 aromatic carbocycles. The second-order valence-electron chi connectivity index (χ2n) is 5.63. The summed E-state index contributed by atoms with van der Waals surface area (Å²) in [6.07, 6.45) is 3.10. The van der Waals surface area contributed by atoms with E-state index in [-0.39, 0.29) is 0 Å². The van der Waals surface area contributed by atoms with Gasteiger partial charge in [-0.1, -0.05) is 30.3 Å². The van der Waals surface area contributed by atoms with Crippen LogP contribution in [0.1, 0.15) is 6.42 Å². The summed E-state index contributed by atoms with van der Waals surface area (Å²) in [7, 11) is 0. The number of rotatable bonds is 3. The molecule has 5 rings (SSSR count). The summed E-state index contributed by atoms with van der Waals surface area (Å²) in [5.41, 5.74) is 4.30. The standard InChI is InChI=1S/C17H13N5S2/c1-2-4-10(5-3-1)15-19-13(8-23-15)14-9-24-17(21-14)22-16-18-7-11-6-12(11)20-16/h1-5,7-9,12H,6H2,(H2,18,20,21,22). The minimum atomic E-state index is 0.375. The van der Waals surface area contributed by atoms with E-state index in [1.165, 1.54) is 5.57 Å². The van der Waals surface area contributed by atoms with Gasteiger partial charge in [-0.2, -0.15) is 0 Å². The normalized spacial score (nSPS) is 18.2. The van der Waals surface area contributed by atoms with E-state index in [1.54, 1.807) is 22.7 Å². The van der Waals surface area contributed by atoms with Gasteiger partial charge in [-0.15, -0.1) is 22.7 Å². The van der Waals surface area contributed by atoms with Crippen molar-refractivity contribution in [2.75, 3.05) is 5.32 Å². The highest BCUT2D eigenvalue weighted by Gasteiger charge is 2.32. The fourth-order valence-corrected chi connectivity index (χ4v) is 4.05. The number of nitrogens with one attached hydrogen (secondary N) is 2. The lowest BCUT2D eigenvalue weighted by Gasteiger charge is -2.08. The molecule has 3 heterocycles. The smallest absolute Gasteiger partial charge is 0.202 e. The maximum Gasteiger partial charge on any atom is 0.202 e. The molecule has 0 saturated heterocycles. The molecule has 3 aromatic rings. The molecule has 2 aromatic heterocycles. The van der Waals surface area contributed by atoms with Crippen molar-refractivity contribution in [3.63, 3.8) is 0 Å². The van der Waals surface area contributed by atoms with E-state index in [0.717, 1.165) is 39.5 Å². The predicted octanol–water partition coefficient (Wildman–Crippen LogP) is 3.96. The molecule has 1 atom stereocenters. The van der Waals surface area contributed by atoms with Crippen molar-refractivity contribution in [3.05, 3.63) is 52.9 Å². The van der Waals surface area contributed by atoms with Crippen LogP contribution < -0.4 is 10.6 Å². The molecule has 1 aliphatic carbocycles. The Hall–Kier alpha value is -2.51. The zero-order valence-electron chi connectivity index (χ0n) is 12.6. The molecule has 118 valence electrons. The van der Waals surface area contributed by atoms with E-state index in [2.05, 4.69) is 38.1 Å². The first-order valence-corrected chi connectivity index (χ1v) is 9.38. The first kappa shape index (κ1) is 13.9. The molecule has 2 aliphatic rings. The van der Waals surface area contributed by atoms with Crippen LogP contribution in [0.15, 0.2) is 57.9 Å². The maximum absolute atomic E-state index is 4.71. The molecule has 24 heavy (non-hydrogen) atoms. The van der Waals surface area contributed by atoms with Crippen LogP contribution in [0.25, 0.3) is 22.0 Å². The van der Waals surface area contributed by atoms with Gasteiger partial charge in [0.2, 0.25) is 5.96 Å². The molecule has 1 fully saturated rings. The average molecular weight is 351 g/mol. The van der Waals surface area contributed by atoms with Crippen LogP contribution in [-0.4, -0.2) is 22.0 Å². The summed E-state index contributed by atoms with van der Waals surface area (Å²) >= 11 is 3.20. The molecular formula is C17H13N5S2. The quantitative estimate of drug-likeness (QED) is 0.750. The highest BCUT2D eigenvalue weighted by atomic mass is 32.1. The van der Waals surface area contributed by atoms with Crippen molar-refractivity contribution in [2.45, 2.75) is 12.5 Å². The second kappa shape index (κ2) is 5.54. The molecule has 1 aliphatic heterocycles. The van der Waals surface area contributed by atoms with Gasteiger partial charge < -0.3 is 10.6 Å². The Kier molecular flexibility index (Phi) is 3.20. The summed E-state index contributed by atoms with van der Waals surface area (Å²) in [6.45, 7) is 0. The number of anilines is 1. The Morgan fingerprint density at radius 1 is 1.04 bits per heavy atom. The van der Waals surface area contributed by atoms with Gasteiger partial charge in [0.25, 0.3) is 0 Å². The predicted molar refractivity (Wildman–Crippen MR) is 99.3 cm³/mol. The number of aliphatic imine (C=N–C) groups is 1. The van der Waals surface area contributed by atoms with Gasteiger partial charge in [0.05, 0.1) is 6.04 Å². The summed E-state index contributed by atoms with van der Waals surface area (Å²) in [4.78, 5) is 13.9. The van der Waals surface area contributed by atoms with E-state index in [0.29, 0.717) is 6.04 Å². The van der Waals surface area contributed by atoms with E-state index >= 15 is 0 Å². The Balaban J connectivity index is 1.35. The Labute approximate surface area is 146 Å². The van der Waals surface area contributed by atoms with E-state index < -0.39 is 0 Å². The molecule has 0 amide bonds. The van der Waals surface area contributed by atoms with Gasteiger partial charge in [0.15, 0.2) is 5.13 Å². The van der Waals surface area contributed by atoms with Crippen molar-refractivity contribution < 1.29 is 0 Å². The number of hydrogen-bond donors (Lipinski definition) is 2. The Bertz CT molecular complexity index is 954. The third-order valence-electron chi connectivity index (χ3n) is 3.89. The number of thiazole rings is 2. The van der Waals surface area contributed by atoms with Crippen LogP contribution in [0.2, 0.25) is 0 Å². The fourth-order valence-electron chi connectivity index (χ4n) is 2.53. The molecule has 0 spiro atoms. The van der Waals surface area contributed by atoms with Crippen molar-refractivity contribution in [3.8, 4) is 22.0 Å². The summed E-state index contributed by atoms with van der Waals surface area (Å²) < 4.78 is 0. The van der Waals surface area contributed by atoms with Gasteiger partial charge in [0, 0.05) is 22.5 Å². The number of hydrogen-bond acceptors (Lipinski definition) is 7. The summed E-state index contributed by atoms with van der Waals surface area (Å²) in [5.74, 6) is 0.769. The van der Waals surface area contributed by atoms with Crippen molar-refractivity contribution >= 4 is 33.8 Å². The van der Waals surface area contributed by atoms with E-state index in [9.17, 15) is 0 Å². The third kappa shape index (κ3) is 2.61. The summed E-state index contributed by atoms with van der Waals surface area (Å²) in [5, 5.41) is 12.3. The number of benzene rings is 1. The van der Waals surface area contributed by atoms with Crippen LogP contribution in [-0.2, 0) is 0 Å². The summed E-state index contributed by atoms with van der Waals surface area (Å²) in [6, 6.07) is 10.6. The number of fused-ring (bicyclic) bond motifs is 1. The van der Waals surface area contributed by atoms with E-state index in [1.807, 2.05) is 29.8 Å². The lowest BCUT2D eigenvalue weighted by atomic mass is 10.2. The Morgan fingerprint density at radius 3 is 2.75 bits per heavy atom. The van der Waals surface area contributed by atoms with Gasteiger partial charge in [-0.3, -0.25) is 0 Å². The lowest BCUT2D eigenvalue weighted by Crippen LogP contribution is -2.28. The molecule has 5 nitrogen and oxygen atoms in total. The largest absolute Gasteiger partial charge is 0.333 e. The van der Waals surface area contributed by atoms with Crippen LogP contribution in [0.5, 0.6) is 0 Å². The molecule has 2 N–H and O–H groups in total. The molecule has 0 radical (unpaired) electrons. The minimum Gasteiger partial charge on any atom is -0.333 e.